The van der Waals surface area contributed by atoms with Gasteiger partial charge < -0.3 is 9.32 Å². The number of hydrogen-bond donors (Lipinski definition) is 0. The van der Waals surface area contributed by atoms with Crippen molar-refractivity contribution in [2.75, 3.05) is 4.90 Å². The first-order chi connectivity index (χ1) is 26.0. The molecule has 8 aromatic carbocycles. The highest BCUT2D eigenvalue weighted by molar-refractivity contribution is 7.25. The first-order valence-corrected chi connectivity index (χ1v) is 17.1. The fourth-order valence-electron chi connectivity index (χ4n) is 7.01. The Bertz CT molecular complexity index is 3050. The lowest BCUT2D eigenvalue weighted by Gasteiger charge is -2.27. The van der Waals surface area contributed by atoms with Crippen LogP contribution in [0.4, 0.5) is 17.1 Å². The maximum atomic E-state index is 9.62. The molecule has 0 saturated heterocycles. The van der Waals surface area contributed by atoms with E-state index in [-0.39, 0.29) is 35.4 Å². The molecule has 0 N–H and O–H groups in total. The van der Waals surface area contributed by atoms with Gasteiger partial charge >= 0.3 is 0 Å². The molecule has 230 valence electrons. The Morgan fingerprint density at radius 1 is 0.469 bits per heavy atom. The maximum Gasteiger partial charge on any atom is 0.143 e. The normalized spacial score (nSPS) is 12.8. The summed E-state index contributed by atoms with van der Waals surface area (Å²) in [5, 5.41) is 5.94. The lowest BCUT2D eigenvalue weighted by atomic mass is 10.0. The quantitative estimate of drug-likeness (QED) is 0.185. The van der Waals surface area contributed by atoms with Gasteiger partial charge in [0.1, 0.15) is 11.2 Å². The van der Waals surface area contributed by atoms with Crippen LogP contribution in [0.1, 0.15) is 5.48 Å². The van der Waals surface area contributed by atoms with Crippen molar-refractivity contribution in [2.45, 2.75) is 0 Å². The van der Waals surface area contributed by atoms with Gasteiger partial charge in [0.05, 0.1) is 16.6 Å². The second-order valence-corrected chi connectivity index (χ2v) is 13.3. The molecule has 10 aromatic rings. The number of benzene rings is 8. The Balaban J connectivity index is 1.24. The third kappa shape index (κ3) is 4.62. The van der Waals surface area contributed by atoms with E-state index in [4.69, 9.17) is 4.42 Å². The number of furan rings is 1. The van der Waals surface area contributed by atoms with Gasteiger partial charge in [-0.15, -0.1) is 11.3 Å². The smallest absolute Gasteiger partial charge is 0.143 e. The van der Waals surface area contributed by atoms with Crippen LogP contribution in [0.3, 0.4) is 0 Å². The fraction of sp³-hybridized carbons (Fsp3) is 0. The van der Waals surface area contributed by atoms with Crippen molar-refractivity contribution < 1.29 is 9.90 Å². The van der Waals surface area contributed by atoms with Crippen molar-refractivity contribution in [1.29, 1.82) is 0 Å². The van der Waals surface area contributed by atoms with Crippen molar-refractivity contribution in [1.82, 2.24) is 0 Å². The molecule has 2 heterocycles. The van der Waals surface area contributed by atoms with Crippen LogP contribution in [0, 0.1) is 0 Å². The van der Waals surface area contributed by atoms with Crippen molar-refractivity contribution in [2.24, 2.45) is 0 Å². The summed E-state index contributed by atoms with van der Waals surface area (Å²) >= 11 is 1.70. The Hall–Kier alpha value is -6.16. The standard InChI is InChI=1S/C46H29NOS/c1-2-10-30(11-3-1)33-13-8-14-36(28-33)47(41-17-9-18-42-45(41)39-26-22-32-12-4-5-15-37(32)46(39)48-42)35-24-20-31(21-25-35)34-23-27-44-40(29-34)38-16-6-7-19-43(38)49-44/h1-29H/i20D,21D,24D,25D. The fourth-order valence-corrected chi connectivity index (χ4v) is 8.10. The number of nitrogens with zero attached hydrogens (tertiary/aromatic N) is 1. The zero-order valence-electron chi connectivity index (χ0n) is 30.2. The molecule has 0 spiro atoms. The number of rotatable bonds is 5. The third-order valence-electron chi connectivity index (χ3n) is 9.32. The average Bonchev–Trinajstić information content (AvgIpc) is 3.78. The van der Waals surface area contributed by atoms with Crippen LogP contribution in [-0.4, -0.2) is 0 Å². The molecule has 49 heavy (non-hydrogen) atoms. The Kier molecular flexibility index (Phi) is 5.51. The molecule has 0 radical (unpaired) electrons. The molecule has 2 nitrogen and oxygen atoms in total. The van der Waals surface area contributed by atoms with Crippen LogP contribution < -0.4 is 4.90 Å². The molecule has 2 aromatic heterocycles. The van der Waals surface area contributed by atoms with Crippen LogP contribution in [0.15, 0.2) is 180 Å². The van der Waals surface area contributed by atoms with Gasteiger partial charge in [-0.3, -0.25) is 0 Å². The molecule has 0 amide bonds. The Morgan fingerprint density at radius 3 is 2.10 bits per heavy atom. The van der Waals surface area contributed by atoms with Gasteiger partial charge in [-0.1, -0.05) is 115 Å². The minimum atomic E-state index is -0.128. The largest absolute Gasteiger partial charge is 0.455 e. The van der Waals surface area contributed by atoms with E-state index in [2.05, 4.69) is 48.5 Å². The van der Waals surface area contributed by atoms with E-state index in [1.165, 1.54) is 0 Å². The summed E-state index contributed by atoms with van der Waals surface area (Å²) in [6, 6.07) is 49.9. The van der Waals surface area contributed by atoms with Crippen LogP contribution in [0.5, 0.6) is 0 Å². The molecular weight excluding hydrogens is 615 g/mol. The van der Waals surface area contributed by atoms with Crippen LogP contribution in [0.25, 0.3) is 75.1 Å². The molecule has 0 fully saturated rings. The number of anilines is 3. The molecular formula is C46H29NOS. The van der Waals surface area contributed by atoms with E-state index in [9.17, 15) is 5.48 Å². The zero-order valence-corrected chi connectivity index (χ0v) is 27.0. The summed E-state index contributed by atoms with van der Waals surface area (Å²) in [7, 11) is 0. The minimum absolute atomic E-state index is 0.0979. The van der Waals surface area contributed by atoms with Crippen molar-refractivity contribution in [3.63, 3.8) is 0 Å². The molecule has 3 heteroatoms. The predicted molar refractivity (Wildman–Crippen MR) is 210 cm³/mol. The third-order valence-corrected chi connectivity index (χ3v) is 10.5. The Morgan fingerprint density at radius 2 is 1.20 bits per heavy atom. The topological polar surface area (TPSA) is 16.4 Å². The summed E-state index contributed by atoms with van der Waals surface area (Å²) in [5.41, 5.74) is 5.91. The van der Waals surface area contributed by atoms with Crippen LogP contribution in [0.2, 0.25) is 0 Å². The summed E-state index contributed by atoms with van der Waals surface area (Å²) < 4.78 is 47.0. The van der Waals surface area contributed by atoms with Crippen LogP contribution >= 0.6 is 11.3 Å². The molecule has 0 unspecified atom stereocenters. The summed E-state index contributed by atoms with van der Waals surface area (Å²) in [6.07, 6.45) is 0. The van der Waals surface area contributed by atoms with Crippen molar-refractivity contribution in [3.8, 4) is 22.3 Å². The van der Waals surface area contributed by atoms with Crippen molar-refractivity contribution >= 4 is 81.3 Å². The van der Waals surface area contributed by atoms with E-state index in [1.807, 2.05) is 108 Å². The summed E-state index contributed by atoms with van der Waals surface area (Å²) in [4.78, 5) is 1.87. The van der Waals surface area contributed by atoms with E-state index < -0.39 is 0 Å². The SMILES string of the molecule is [2H]c1c([2H])c(N(c2cccc(-c3ccccc3)c2)c2cccc3oc4c5ccccc5ccc4c23)c([2H])c([2H])c1-c1ccc2sc3ccccc3c2c1. The molecule has 0 bridgehead atoms. The molecule has 0 atom stereocenters. The van der Waals surface area contributed by atoms with E-state index in [1.54, 1.807) is 11.3 Å². The van der Waals surface area contributed by atoms with Gasteiger partial charge in [-0.2, -0.15) is 0 Å². The number of hydrogen-bond acceptors (Lipinski definition) is 3. The monoisotopic (exact) mass is 647 g/mol. The first-order valence-electron chi connectivity index (χ1n) is 18.3. The number of fused-ring (bicyclic) bond motifs is 8. The maximum absolute atomic E-state index is 9.62. The number of thiophene rings is 1. The van der Waals surface area contributed by atoms with Gasteiger partial charge in [-0.05, 0) is 88.3 Å². The van der Waals surface area contributed by atoms with Crippen LogP contribution in [-0.2, 0) is 0 Å². The molecule has 0 aliphatic carbocycles. The Labute approximate surface area is 293 Å². The highest BCUT2D eigenvalue weighted by atomic mass is 32.1. The van der Waals surface area contributed by atoms with Gasteiger partial charge in [0, 0.05) is 42.3 Å². The summed E-state index contributed by atoms with van der Waals surface area (Å²) in [5.74, 6) is 0. The predicted octanol–water partition coefficient (Wildman–Crippen LogP) is 13.9. The molecule has 0 aliphatic heterocycles. The highest BCUT2D eigenvalue weighted by Gasteiger charge is 2.21. The molecule has 0 saturated carbocycles. The van der Waals surface area contributed by atoms with Gasteiger partial charge in [0.15, 0.2) is 0 Å². The lowest BCUT2D eigenvalue weighted by Crippen LogP contribution is -2.10. The van der Waals surface area contributed by atoms with Gasteiger partial charge in [0.2, 0.25) is 0 Å². The zero-order chi connectivity index (χ0) is 35.8. The summed E-state index contributed by atoms with van der Waals surface area (Å²) in [6.45, 7) is 0. The highest BCUT2D eigenvalue weighted by Crippen LogP contribution is 2.45. The average molecular weight is 648 g/mol. The molecule has 0 aliphatic rings. The second-order valence-electron chi connectivity index (χ2n) is 12.2. The first kappa shape index (κ1) is 24.1. The van der Waals surface area contributed by atoms with E-state index >= 15 is 0 Å². The lowest BCUT2D eigenvalue weighted by molar-refractivity contribution is 0.672. The molecule has 10 rings (SSSR count). The minimum Gasteiger partial charge on any atom is -0.455 e. The van der Waals surface area contributed by atoms with Gasteiger partial charge in [0.25, 0.3) is 0 Å². The van der Waals surface area contributed by atoms with Crippen molar-refractivity contribution in [3.05, 3.63) is 176 Å². The van der Waals surface area contributed by atoms with E-state index in [0.29, 0.717) is 22.5 Å². The second kappa shape index (κ2) is 11.2. The van der Waals surface area contributed by atoms with Gasteiger partial charge in [-0.25, -0.2) is 0 Å². The van der Waals surface area contributed by atoms with E-state index in [0.717, 1.165) is 58.4 Å².